The van der Waals surface area contributed by atoms with E-state index in [0.29, 0.717) is 0 Å². The molecular formula is C47H48N2. The summed E-state index contributed by atoms with van der Waals surface area (Å²) in [6.07, 6.45) is 6.15. The van der Waals surface area contributed by atoms with Gasteiger partial charge in [-0.3, -0.25) is 0 Å². The highest BCUT2D eigenvalue weighted by atomic mass is 15.1. The van der Waals surface area contributed by atoms with E-state index in [4.69, 9.17) is 0 Å². The fourth-order valence-electron chi connectivity index (χ4n) is 7.81. The highest BCUT2D eigenvalue weighted by Crippen LogP contribution is 2.47. The predicted octanol–water partition coefficient (Wildman–Crippen LogP) is 13.4. The molecule has 0 heterocycles. The van der Waals surface area contributed by atoms with Gasteiger partial charge in [-0.15, -0.1) is 0 Å². The number of nitrogens with zero attached hydrogens (tertiary/aromatic N) is 2. The SMILES string of the molecule is Cc1ccc(N(c2ccc(C)cc2)c2ccc(C3(c4ccc(N(c5ccc(C)cc5)c5cc(C)cc(C)c5)cc4)CCCCC3)cc2)cc1. The first-order valence-electron chi connectivity index (χ1n) is 17.9. The minimum Gasteiger partial charge on any atom is -0.311 e. The zero-order valence-corrected chi connectivity index (χ0v) is 29.7. The summed E-state index contributed by atoms with van der Waals surface area (Å²) in [6, 6.07) is 52.4. The second-order valence-corrected chi connectivity index (χ2v) is 14.3. The van der Waals surface area contributed by atoms with Crippen molar-refractivity contribution in [1.82, 2.24) is 0 Å². The summed E-state index contributed by atoms with van der Waals surface area (Å²) in [7, 11) is 0. The molecule has 0 aliphatic heterocycles. The molecule has 1 saturated carbocycles. The van der Waals surface area contributed by atoms with Gasteiger partial charge in [-0.05, 0) is 143 Å². The molecule has 6 aromatic carbocycles. The van der Waals surface area contributed by atoms with E-state index >= 15 is 0 Å². The Bertz CT molecular complexity index is 1930. The molecular weight excluding hydrogens is 593 g/mol. The van der Waals surface area contributed by atoms with Crippen LogP contribution in [-0.4, -0.2) is 0 Å². The van der Waals surface area contributed by atoms with Gasteiger partial charge in [-0.25, -0.2) is 0 Å². The molecule has 1 aliphatic carbocycles. The van der Waals surface area contributed by atoms with Crippen LogP contribution >= 0.6 is 0 Å². The topological polar surface area (TPSA) is 6.48 Å². The van der Waals surface area contributed by atoms with Crippen LogP contribution in [0.25, 0.3) is 0 Å². The van der Waals surface area contributed by atoms with Crippen LogP contribution in [0.5, 0.6) is 0 Å². The van der Waals surface area contributed by atoms with Gasteiger partial charge in [0.2, 0.25) is 0 Å². The van der Waals surface area contributed by atoms with E-state index in [1.807, 2.05) is 0 Å². The number of rotatable bonds is 8. The molecule has 6 aromatic rings. The Hall–Kier alpha value is -5.08. The first-order valence-corrected chi connectivity index (χ1v) is 17.9. The van der Waals surface area contributed by atoms with Gasteiger partial charge in [-0.2, -0.15) is 0 Å². The van der Waals surface area contributed by atoms with Gasteiger partial charge in [0.1, 0.15) is 0 Å². The fraction of sp³-hybridized carbons (Fsp3) is 0.234. The Morgan fingerprint density at radius 2 is 0.633 bits per heavy atom. The van der Waals surface area contributed by atoms with Crippen molar-refractivity contribution >= 4 is 34.1 Å². The van der Waals surface area contributed by atoms with E-state index in [9.17, 15) is 0 Å². The van der Waals surface area contributed by atoms with Gasteiger partial charge in [0.15, 0.2) is 0 Å². The minimum atomic E-state index is 0.00245. The third kappa shape index (κ3) is 6.78. The van der Waals surface area contributed by atoms with Crippen molar-refractivity contribution in [1.29, 1.82) is 0 Å². The number of hydrogen-bond donors (Lipinski definition) is 0. The van der Waals surface area contributed by atoms with Crippen LogP contribution in [0.15, 0.2) is 140 Å². The van der Waals surface area contributed by atoms with E-state index in [1.165, 1.54) is 105 Å². The van der Waals surface area contributed by atoms with E-state index in [1.54, 1.807) is 0 Å². The van der Waals surface area contributed by atoms with Crippen molar-refractivity contribution in [3.8, 4) is 0 Å². The van der Waals surface area contributed by atoms with Gasteiger partial charge in [-0.1, -0.05) is 103 Å². The van der Waals surface area contributed by atoms with Crippen LogP contribution in [0.3, 0.4) is 0 Å². The quantitative estimate of drug-likeness (QED) is 0.163. The first-order chi connectivity index (χ1) is 23.8. The van der Waals surface area contributed by atoms with E-state index in [2.05, 4.69) is 184 Å². The molecule has 0 bridgehead atoms. The summed E-state index contributed by atoms with van der Waals surface area (Å²) in [4.78, 5) is 4.77. The van der Waals surface area contributed by atoms with Gasteiger partial charge >= 0.3 is 0 Å². The normalized spacial score (nSPS) is 14.0. The lowest BCUT2D eigenvalue weighted by Crippen LogP contribution is -2.30. The monoisotopic (exact) mass is 640 g/mol. The highest BCUT2D eigenvalue weighted by Gasteiger charge is 2.36. The van der Waals surface area contributed by atoms with Crippen molar-refractivity contribution in [2.24, 2.45) is 0 Å². The summed E-state index contributed by atoms with van der Waals surface area (Å²) >= 11 is 0. The van der Waals surface area contributed by atoms with Crippen LogP contribution in [0.4, 0.5) is 34.1 Å². The molecule has 246 valence electrons. The van der Waals surface area contributed by atoms with Gasteiger partial charge in [0.25, 0.3) is 0 Å². The molecule has 1 fully saturated rings. The summed E-state index contributed by atoms with van der Waals surface area (Å²) in [5.41, 5.74) is 16.3. The van der Waals surface area contributed by atoms with Gasteiger partial charge in [0, 0.05) is 39.5 Å². The summed E-state index contributed by atoms with van der Waals surface area (Å²) in [5, 5.41) is 0. The highest BCUT2D eigenvalue weighted by molar-refractivity contribution is 5.78. The number of benzene rings is 6. The standard InChI is InChI=1S/C47H48N2/c1-34-9-19-41(20-10-34)48(42-21-11-35(2)12-22-42)44-25-15-39(16-26-44)47(29-7-6-8-30-47)40-17-27-45(28-18-40)49(43-23-13-36(3)14-24-43)46-32-37(4)31-38(5)33-46/h9-28,31-33H,6-8,29-30H2,1-5H3. The molecule has 0 radical (unpaired) electrons. The molecule has 0 amide bonds. The Labute approximate surface area is 293 Å². The predicted molar refractivity (Wildman–Crippen MR) is 210 cm³/mol. The molecule has 0 saturated heterocycles. The lowest BCUT2D eigenvalue weighted by molar-refractivity contribution is 0.346. The van der Waals surface area contributed by atoms with Crippen molar-refractivity contribution in [3.63, 3.8) is 0 Å². The van der Waals surface area contributed by atoms with Crippen molar-refractivity contribution < 1.29 is 0 Å². The van der Waals surface area contributed by atoms with E-state index in [-0.39, 0.29) is 5.41 Å². The second kappa shape index (κ2) is 13.8. The van der Waals surface area contributed by atoms with Crippen LogP contribution < -0.4 is 9.80 Å². The fourth-order valence-corrected chi connectivity index (χ4v) is 7.81. The van der Waals surface area contributed by atoms with Crippen molar-refractivity contribution in [3.05, 3.63) is 178 Å². The van der Waals surface area contributed by atoms with Crippen LogP contribution in [0.2, 0.25) is 0 Å². The first kappa shape index (κ1) is 32.5. The number of anilines is 6. The zero-order chi connectivity index (χ0) is 34.0. The summed E-state index contributed by atoms with van der Waals surface area (Å²) in [5.74, 6) is 0. The summed E-state index contributed by atoms with van der Waals surface area (Å²) < 4.78 is 0. The second-order valence-electron chi connectivity index (χ2n) is 14.3. The maximum atomic E-state index is 2.41. The van der Waals surface area contributed by atoms with E-state index < -0.39 is 0 Å². The van der Waals surface area contributed by atoms with Crippen molar-refractivity contribution in [2.75, 3.05) is 9.80 Å². The molecule has 0 unspecified atom stereocenters. The Morgan fingerprint density at radius 1 is 0.327 bits per heavy atom. The lowest BCUT2D eigenvalue weighted by atomic mass is 9.65. The Kier molecular flexibility index (Phi) is 9.15. The maximum absolute atomic E-state index is 2.41. The molecule has 7 rings (SSSR count). The maximum Gasteiger partial charge on any atom is 0.0466 e. The smallest absolute Gasteiger partial charge is 0.0466 e. The molecule has 2 heteroatoms. The van der Waals surface area contributed by atoms with E-state index in [0.717, 1.165) is 0 Å². The zero-order valence-electron chi connectivity index (χ0n) is 29.7. The van der Waals surface area contributed by atoms with Crippen molar-refractivity contribution in [2.45, 2.75) is 72.1 Å². The Balaban J connectivity index is 1.26. The molecule has 0 N–H and O–H groups in total. The lowest BCUT2D eigenvalue weighted by Gasteiger charge is -2.39. The average molecular weight is 641 g/mol. The van der Waals surface area contributed by atoms with Gasteiger partial charge in [0.05, 0.1) is 0 Å². The summed E-state index contributed by atoms with van der Waals surface area (Å²) in [6.45, 7) is 10.8. The Morgan fingerprint density at radius 3 is 0.980 bits per heavy atom. The third-order valence-corrected chi connectivity index (χ3v) is 10.4. The molecule has 0 spiro atoms. The average Bonchev–Trinajstić information content (AvgIpc) is 3.11. The van der Waals surface area contributed by atoms with Gasteiger partial charge < -0.3 is 9.80 Å². The molecule has 2 nitrogen and oxygen atoms in total. The third-order valence-electron chi connectivity index (χ3n) is 10.4. The van der Waals surface area contributed by atoms with Crippen LogP contribution in [0.1, 0.15) is 71.0 Å². The minimum absolute atomic E-state index is 0.00245. The molecule has 0 aromatic heterocycles. The number of hydrogen-bond acceptors (Lipinski definition) is 2. The van der Waals surface area contributed by atoms with Crippen LogP contribution in [-0.2, 0) is 5.41 Å². The molecule has 1 aliphatic rings. The molecule has 0 atom stereocenters. The van der Waals surface area contributed by atoms with Crippen LogP contribution in [0, 0.1) is 34.6 Å². The number of aryl methyl sites for hydroxylation is 5. The largest absolute Gasteiger partial charge is 0.311 e. The molecule has 49 heavy (non-hydrogen) atoms.